The molecule has 0 aliphatic carbocycles. The summed E-state index contributed by atoms with van der Waals surface area (Å²) < 4.78 is 1.44. The number of carbonyl (C=O) groups is 3. The molecule has 3 heterocycles. The van der Waals surface area contributed by atoms with Crippen LogP contribution in [0.25, 0.3) is 10.9 Å². The minimum Gasteiger partial charge on any atom is -0.329 e. The van der Waals surface area contributed by atoms with E-state index in [1.807, 2.05) is 12.1 Å². The summed E-state index contributed by atoms with van der Waals surface area (Å²) in [4.78, 5) is 56.1. The van der Waals surface area contributed by atoms with Gasteiger partial charge in [0.05, 0.1) is 10.9 Å². The zero-order valence-electron chi connectivity index (χ0n) is 19.3. The number of benzene rings is 1. The molecule has 3 aromatic rings. The Kier molecular flexibility index (Phi) is 6.88. The molecule has 0 radical (unpaired) electrons. The number of hydrogen-bond acceptors (Lipinski definition) is 6. The van der Waals surface area contributed by atoms with Crippen molar-refractivity contribution in [2.75, 3.05) is 0 Å². The van der Waals surface area contributed by atoms with Crippen LogP contribution in [0.4, 0.5) is 0 Å². The van der Waals surface area contributed by atoms with Crippen molar-refractivity contribution in [3.8, 4) is 0 Å². The van der Waals surface area contributed by atoms with E-state index in [4.69, 9.17) is 0 Å². The Hall–Kier alpha value is -3.39. The van der Waals surface area contributed by atoms with Crippen LogP contribution in [0.2, 0.25) is 0 Å². The number of aryl methyl sites for hydroxylation is 3. The summed E-state index contributed by atoms with van der Waals surface area (Å²) >= 11 is 1.35. The standard InChI is InChI=1S/C26H27N3O4S/c1-4-5-17-7-9-18(10-8-17)24(31)21(30)12-13-22-23-19(14-34-22)26(33)29(16(3)28-23)20-11-6-15(2)27-25(20)32/h7-10,14,20H,2,4-6,11-13H2,1,3H3,(H,27,32). The van der Waals surface area contributed by atoms with E-state index >= 15 is 0 Å². The van der Waals surface area contributed by atoms with Gasteiger partial charge in [-0.1, -0.05) is 44.2 Å². The maximum absolute atomic E-state index is 13.2. The van der Waals surface area contributed by atoms with Gasteiger partial charge in [0.25, 0.3) is 5.56 Å². The first-order valence-corrected chi connectivity index (χ1v) is 12.3. The number of Topliss-reactive ketones (excluding diaryl/α,β-unsaturated/α-hetero) is 2. The van der Waals surface area contributed by atoms with Crippen molar-refractivity contribution in [2.24, 2.45) is 0 Å². The Morgan fingerprint density at radius 1 is 1.21 bits per heavy atom. The number of nitrogens with one attached hydrogen (secondary N) is 1. The van der Waals surface area contributed by atoms with Crippen LogP contribution in [-0.2, 0) is 22.4 Å². The van der Waals surface area contributed by atoms with Crippen molar-refractivity contribution < 1.29 is 14.4 Å². The largest absolute Gasteiger partial charge is 0.329 e. The third-order valence-electron chi connectivity index (χ3n) is 6.13. The SMILES string of the molecule is C=C1CCC(n2c(C)nc3c(CCC(=O)C(=O)c4ccc(CCC)cc4)scc3c2=O)C(=O)N1. The highest BCUT2D eigenvalue weighted by Crippen LogP contribution is 2.27. The number of amides is 1. The molecular weight excluding hydrogens is 450 g/mol. The maximum Gasteiger partial charge on any atom is 0.262 e. The topological polar surface area (TPSA) is 98.1 Å². The molecule has 1 aliphatic heterocycles. The third-order valence-corrected chi connectivity index (χ3v) is 7.17. The van der Waals surface area contributed by atoms with Crippen LogP contribution in [0, 0.1) is 6.92 Å². The molecule has 2 aromatic heterocycles. The second-order valence-corrected chi connectivity index (χ2v) is 9.57. The van der Waals surface area contributed by atoms with Crippen molar-refractivity contribution >= 4 is 39.7 Å². The van der Waals surface area contributed by atoms with Gasteiger partial charge in [-0.25, -0.2) is 4.98 Å². The smallest absolute Gasteiger partial charge is 0.262 e. The summed E-state index contributed by atoms with van der Waals surface area (Å²) in [5.41, 5.74) is 2.45. The first-order chi connectivity index (χ1) is 16.3. The number of rotatable bonds is 8. The average molecular weight is 478 g/mol. The van der Waals surface area contributed by atoms with Crippen molar-refractivity contribution in [3.63, 3.8) is 0 Å². The predicted octanol–water partition coefficient (Wildman–Crippen LogP) is 4.07. The van der Waals surface area contributed by atoms with Crippen LogP contribution in [0.1, 0.15) is 65.3 Å². The van der Waals surface area contributed by atoms with Crippen LogP contribution in [0.15, 0.2) is 46.7 Å². The summed E-state index contributed by atoms with van der Waals surface area (Å²) in [6, 6.07) is 6.56. The van der Waals surface area contributed by atoms with Gasteiger partial charge in [0, 0.05) is 27.9 Å². The molecule has 8 heteroatoms. The molecule has 0 saturated carbocycles. The molecule has 0 spiro atoms. The lowest BCUT2D eigenvalue weighted by Gasteiger charge is -2.26. The number of ketones is 2. The summed E-state index contributed by atoms with van der Waals surface area (Å²) in [7, 11) is 0. The van der Waals surface area contributed by atoms with Gasteiger partial charge in [0.15, 0.2) is 0 Å². The fourth-order valence-corrected chi connectivity index (χ4v) is 5.28. The van der Waals surface area contributed by atoms with Gasteiger partial charge in [-0.3, -0.25) is 23.7 Å². The molecule has 0 bridgehead atoms. The number of allylic oxidation sites excluding steroid dienone is 1. The van der Waals surface area contributed by atoms with Crippen LogP contribution < -0.4 is 10.9 Å². The van der Waals surface area contributed by atoms with E-state index in [0.29, 0.717) is 47.3 Å². The molecule has 176 valence electrons. The van der Waals surface area contributed by atoms with Gasteiger partial charge in [-0.2, -0.15) is 0 Å². The molecule has 34 heavy (non-hydrogen) atoms. The highest BCUT2D eigenvalue weighted by molar-refractivity contribution is 7.11. The van der Waals surface area contributed by atoms with E-state index in [1.165, 1.54) is 15.9 Å². The monoisotopic (exact) mass is 477 g/mol. The lowest BCUT2D eigenvalue weighted by atomic mass is 10.0. The second-order valence-electron chi connectivity index (χ2n) is 8.60. The number of fused-ring (bicyclic) bond motifs is 1. The Morgan fingerprint density at radius 2 is 1.94 bits per heavy atom. The molecule has 4 rings (SSSR count). The van der Waals surface area contributed by atoms with Gasteiger partial charge in [0.2, 0.25) is 17.5 Å². The molecule has 1 saturated heterocycles. The third kappa shape index (κ3) is 4.63. The normalized spacial score (nSPS) is 16.0. The molecule has 1 fully saturated rings. The molecule has 1 atom stereocenters. The Bertz CT molecular complexity index is 1350. The van der Waals surface area contributed by atoms with Crippen molar-refractivity contribution in [1.82, 2.24) is 14.9 Å². The lowest BCUT2D eigenvalue weighted by molar-refractivity contribution is -0.125. The van der Waals surface area contributed by atoms with Gasteiger partial charge < -0.3 is 5.32 Å². The quantitative estimate of drug-likeness (QED) is 0.390. The van der Waals surface area contributed by atoms with Crippen molar-refractivity contribution in [2.45, 2.75) is 58.4 Å². The molecule has 1 N–H and O–H groups in total. The van der Waals surface area contributed by atoms with Gasteiger partial charge in [-0.05, 0) is 38.2 Å². The first kappa shape index (κ1) is 23.8. The summed E-state index contributed by atoms with van der Waals surface area (Å²) in [6.07, 6.45) is 3.42. The number of thiophene rings is 1. The highest BCUT2D eigenvalue weighted by Gasteiger charge is 2.29. The fourth-order valence-electron chi connectivity index (χ4n) is 4.32. The van der Waals surface area contributed by atoms with E-state index in [1.54, 1.807) is 24.4 Å². The highest BCUT2D eigenvalue weighted by atomic mass is 32.1. The summed E-state index contributed by atoms with van der Waals surface area (Å²) in [5, 5.41) is 4.85. The first-order valence-electron chi connectivity index (χ1n) is 11.4. The minimum absolute atomic E-state index is 0.0438. The Balaban J connectivity index is 1.51. The molecule has 1 aromatic carbocycles. The van der Waals surface area contributed by atoms with Gasteiger partial charge >= 0.3 is 0 Å². The summed E-state index contributed by atoms with van der Waals surface area (Å²) in [5.74, 6) is -0.779. The Morgan fingerprint density at radius 3 is 2.62 bits per heavy atom. The predicted molar refractivity (Wildman–Crippen MR) is 132 cm³/mol. The van der Waals surface area contributed by atoms with Gasteiger partial charge in [-0.15, -0.1) is 11.3 Å². The molecule has 1 amide bonds. The molecule has 1 aliphatic rings. The number of hydrogen-bond donors (Lipinski definition) is 1. The lowest BCUT2D eigenvalue weighted by Crippen LogP contribution is -2.41. The van der Waals surface area contributed by atoms with Crippen molar-refractivity contribution in [1.29, 1.82) is 0 Å². The van der Waals surface area contributed by atoms with Crippen molar-refractivity contribution in [3.05, 3.63) is 74.1 Å². The minimum atomic E-state index is -0.624. The van der Waals surface area contributed by atoms with Crippen LogP contribution in [0.3, 0.4) is 0 Å². The molecular formula is C26H27N3O4S. The van der Waals surface area contributed by atoms with Crippen LogP contribution in [-0.4, -0.2) is 27.0 Å². The zero-order chi connectivity index (χ0) is 24.4. The zero-order valence-corrected chi connectivity index (χ0v) is 20.2. The van der Waals surface area contributed by atoms with E-state index in [0.717, 1.165) is 23.3 Å². The average Bonchev–Trinajstić information content (AvgIpc) is 3.22. The van der Waals surface area contributed by atoms with Crippen LogP contribution >= 0.6 is 11.3 Å². The van der Waals surface area contributed by atoms with E-state index < -0.39 is 17.6 Å². The molecule has 7 nitrogen and oxygen atoms in total. The number of nitrogens with zero attached hydrogens (tertiary/aromatic N) is 2. The second kappa shape index (κ2) is 9.85. The van der Waals surface area contributed by atoms with Crippen LogP contribution in [0.5, 0.6) is 0 Å². The van der Waals surface area contributed by atoms with E-state index in [2.05, 4.69) is 23.8 Å². The van der Waals surface area contributed by atoms with E-state index in [9.17, 15) is 19.2 Å². The summed E-state index contributed by atoms with van der Waals surface area (Å²) in [6.45, 7) is 7.58. The molecule has 1 unspecified atom stereocenters. The number of piperidine rings is 1. The van der Waals surface area contributed by atoms with E-state index in [-0.39, 0.29) is 17.9 Å². The van der Waals surface area contributed by atoms with Gasteiger partial charge in [0.1, 0.15) is 11.9 Å². The fraction of sp³-hybridized carbons (Fsp3) is 0.346. The Labute approximate surface area is 201 Å². The maximum atomic E-state index is 13.2. The number of carbonyl (C=O) groups excluding carboxylic acids is 3. The number of aromatic nitrogens is 2.